The second-order valence-corrected chi connectivity index (χ2v) is 5.10. The van der Waals surface area contributed by atoms with E-state index in [2.05, 4.69) is 46.7 Å². The van der Waals surface area contributed by atoms with Gasteiger partial charge in [-0.3, -0.25) is 5.10 Å². The highest BCUT2D eigenvalue weighted by Gasteiger charge is 2.25. The summed E-state index contributed by atoms with van der Waals surface area (Å²) in [5.41, 5.74) is 5.38. The van der Waals surface area contributed by atoms with Gasteiger partial charge < -0.3 is 5.32 Å². The van der Waals surface area contributed by atoms with E-state index in [1.165, 1.54) is 29.5 Å². The second-order valence-electron chi connectivity index (χ2n) is 5.10. The van der Waals surface area contributed by atoms with Gasteiger partial charge in [0.05, 0.1) is 6.20 Å². The first-order valence-electron chi connectivity index (χ1n) is 6.62. The van der Waals surface area contributed by atoms with E-state index in [0.29, 0.717) is 0 Å². The number of benzene rings is 1. The molecule has 2 aromatic rings. The summed E-state index contributed by atoms with van der Waals surface area (Å²) in [6.07, 6.45) is 4.62. The van der Waals surface area contributed by atoms with Crippen molar-refractivity contribution < 1.29 is 0 Å². The Bertz CT molecular complexity index is 526. The zero-order chi connectivity index (χ0) is 12.4. The quantitative estimate of drug-likeness (QED) is 0.845. The minimum atomic E-state index is 0.818. The lowest BCUT2D eigenvalue weighted by Crippen LogP contribution is -2.14. The zero-order valence-corrected chi connectivity index (χ0v) is 10.7. The molecule has 0 spiro atoms. The molecule has 3 rings (SSSR count). The third-order valence-electron chi connectivity index (χ3n) is 3.64. The van der Waals surface area contributed by atoms with Crippen LogP contribution in [-0.4, -0.2) is 10.2 Å². The SMILES string of the molecule is Cc1[nH]ncc1CNCc1ccccc1C1CC1. The maximum atomic E-state index is 4.04. The molecule has 1 aromatic heterocycles. The molecule has 1 aromatic carbocycles. The predicted octanol–water partition coefficient (Wildman–Crippen LogP) is 2.89. The first-order chi connectivity index (χ1) is 8.84. The highest BCUT2D eigenvalue weighted by atomic mass is 15.1. The van der Waals surface area contributed by atoms with Crippen molar-refractivity contribution in [3.8, 4) is 0 Å². The van der Waals surface area contributed by atoms with E-state index < -0.39 is 0 Å². The maximum Gasteiger partial charge on any atom is 0.0535 e. The number of hydrogen-bond donors (Lipinski definition) is 2. The first kappa shape index (κ1) is 11.5. The Morgan fingerprint density at radius 1 is 1.22 bits per heavy atom. The van der Waals surface area contributed by atoms with Gasteiger partial charge in [-0.1, -0.05) is 24.3 Å². The number of aryl methyl sites for hydroxylation is 1. The number of aromatic amines is 1. The average molecular weight is 241 g/mol. The molecule has 3 heteroatoms. The fourth-order valence-corrected chi connectivity index (χ4v) is 2.37. The topological polar surface area (TPSA) is 40.7 Å². The van der Waals surface area contributed by atoms with Gasteiger partial charge in [-0.15, -0.1) is 0 Å². The maximum absolute atomic E-state index is 4.04. The summed E-state index contributed by atoms with van der Waals surface area (Å²) >= 11 is 0. The van der Waals surface area contributed by atoms with Gasteiger partial charge in [-0.25, -0.2) is 0 Å². The standard InChI is InChI=1S/C15H19N3/c1-11-14(10-17-18-11)9-16-8-13-4-2-3-5-15(13)12-6-7-12/h2-5,10,12,16H,6-9H2,1H3,(H,17,18). The Kier molecular flexibility index (Phi) is 3.15. The molecule has 1 aliphatic rings. The lowest BCUT2D eigenvalue weighted by Gasteiger charge is -2.09. The van der Waals surface area contributed by atoms with Crippen molar-refractivity contribution in [1.29, 1.82) is 0 Å². The molecular formula is C15H19N3. The van der Waals surface area contributed by atoms with Gasteiger partial charge in [0.25, 0.3) is 0 Å². The molecule has 2 N–H and O–H groups in total. The van der Waals surface area contributed by atoms with Gasteiger partial charge in [0.2, 0.25) is 0 Å². The van der Waals surface area contributed by atoms with Crippen molar-refractivity contribution in [2.24, 2.45) is 0 Å². The molecule has 3 nitrogen and oxygen atoms in total. The Labute approximate surface area is 108 Å². The molecule has 0 amide bonds. The average Bonchev–Trinajstić information content (AvgIpc) is 3.15. The molecule has 1 fully saturated rings. The van der Waals surface area contributed by atoms with Gasteiger partial charge in [-0.2, -0.15) is 5.10 Å². The van der Waals surface area contributed by atoms with Crippen LogP contribution in [0.5, 0.6) is 0 Å². The van der Waals surface area contributed by atoms with Gasteiger partial charge in [-0.05, 0) is 36.8 Å². The first-order valence-corrected chi connectivity index (χ1v) is 6.62. The van der Waals surface area contributed by atoms with Crippen LogP contribution < -0.4 is 5.32 Å². The van der Waals surface area contributed by atoms with Crippen LogP contribution in [0, 0.1) is 6.92 Å². The molecule has 1 aliphatic carbocycles. The smallest absolute Gasteiger partial charge is 0.0535 e. The summed E-state index contributed by atoms with van der Waals surface area (Å²) < 4.78 is 0. The number of nitrogens with one attached hydrogen (secondary N) is 2. The minimum absolute atomic E-state index is 0.818. The number of hydrogen-bond acceptors (Lipinski definition) is 2. The van der Waals surface area contributed by atoms with Crippen molar-refractivity contribution in [3.05, 3.63) is 52.8 Å². The fourth-order valence-electron chi connectivity index (χ4n) is 2.37. The van der Waals surface area contributed by atoms with Crippen molar-refractivity contribution >= 4 is 0 Å². The fraction of sp³-hybridized carbons (Fsp3) is 0.400. The van der Waals surface area contributed by atoms with Gasteiger partial charge in [0.15, 0.2) is 0 Å². The van der Waals surface area contributed by atoms with Crippen molar-refractivity contribution in [2.45, 2.75) is 38.8 Å². The third kappa shape index (κ3) is 2.46. The molecule has 1 saturated carbocycles. The lowest BCUT2D eigenvalue weighted by atomic mass is 10.0. The number of nitrogens with zero attached hydrogens (tertiary/aromatic N) is 1. The van der Waals surface area contributed by atoms with E-state index >= 15 is 0 Å². The van der Waals surface area contributed by atoms with E-state index in [1.54, 1.807) is 0 Å². The number of rotatable bonds is 5. The number of aromatic nitrogens is 2. The van der Waals surface area contributed by atoms with Crippen LogP contribution in [0.25, 0.3) is 0 Å². The van der Waals surface area contributed by atoms with Crippen molar-refractivity contribution in [3.63, 3.8) is 0 Å². The highest BCUT2D eigenvalue weighted by Crippen LogP contribution is 2.41. The van der Waals surface area contributed by atoms with Crippen LogP contribution in [0.4, 0.5) is 0 Å². The van der Waals surface area contributed by atoms with Crippen molar-refractivity contribution in [2.75, 3.05) is 0 Å². The predicted molar refractivity (Wildman–Crippen MR) is 72.3 cm³/mol. The Hall–Kier alpha value is -1.61. The number of H-pyrrole nitrogens is 1. The zero-order valence-electron chi connectivity index (χ0n) is 10.7. The van der Waals surface area contributed by atoms with Crippen LogP contribution in [0.15, 0.2) is 30.5 Å². The van der Waals surface area contributed by atoms with E-state index in [4.69, 9.17) is 0 Å². The lowest BCUT2D eigenvalue weighted by molar-refractivity contribution is 0.685. The van der Waals surface area contributed by atoms with Gasteiger partial charge in [0.1, 0.15) is 0 Å². The molecular weight excluding hydrogens is 222 g/mol. The highest BCUT2D eigenvalue weighted by molar-refractivity contribution is 5.33. The molecule has 18 heavy (non-hydrogen) atoms. The van der Waals surface area contributed by atoms with E-state index in [9.17, 15) is 0 Å². The summed E-state index contributed by atoms with van der Waals surface area (Å²) in [6, 6.07) is 8.80. The molecule has 1 heterocycles. The summed E-state index contributed by atoms with van der Waals surface area (Å²) in [5.74, 6) is 0.818. The summed E-state index contributed by atoms with van der Waals surface area (Å²) in [6.45, 7) is 3.88. The summed E-state index contributed by atoms with van der Waals surface area (Å²) in [5, 5.41) is 10.5. The molecule has 0 bridgehead atoms. The van der Waals surface area contributed by atoms with Crippen LogP contribution in [0.3, 0.4) is 0 Å². The molecule has 0 unspecified atom stereocenters. The molecule has 0 atom stereocenters. The van der Waals surface area contributed by atoms with E-state index in [-0.39, 0.29) is 0 Å². The van der Waals surface area contributed by atoms with Crippen LogP contribution in [0.2, 0.25) is 0 Å². The monoisotopic (exact) mass is 241 g/mol. The summed E-state index contributed by atoms with van der Waals surface area (Å²) in [7, 11) is 0. The largest absolute Gasteiger partial charge is 0.308 e. The van der Waals surface area contributed by atoms with Crippen LogP contribution >= 0.6 is 0 Å². The van der Waals surface area contributed by atoms with Crippen molar-refractivity contribution in [1.82, 2.24) is 15.5 Å². The second kappa shape index (κ2) is 4.94. The molecule has 94 valence electrons. The van der Waals surface area contributed by atoms with Gasteiger partial charge >= 0.3 is 0 Å². The molecule has 0 radical (unpaired) electrons. The van der Waals surface area contributed by atoms with Crippen LogP contribution in [-0.2, 0) is 13.1 Å². The molecule has 0 aliphatic heterocycles. The Morgan fingerprint density at radius 2 is 2.00 bits per heavy atom. The normalized spacial score (nSPS) is 14.9. The molecule has 0 saturated heterocycles. The van der Waals surface area contributed by atoms with E-state index in [1.807, 2.05) is 6.20 Å². The van der Waals surface area contributed by atoms with E-state index in [0.717, 1.165) is 24.7 Å². The van der Waals surface area contributed by atoms with Crippen LogP contribution in [0.1, 0.15) is 41.1 Å². The third-order valence-corrected chi connectivity index (χ3v) is 3.64. The summed E-state index contributed by atoms with van der Waals surface area (Å²) in [4.78, 5) is 0. The Balaban J connectivity index is 1.61. The van der Waals surface area contributed by atoms with Gasteiger partial charge in [0, 0.05) is 24.3 Å². The Morgan fingerprint density at radius 3 is 2.72 bits per heavy atom. The minimum Gasteiger partial charge on any atom is -0.308 e.